The standard InChI is InChI=1S/C18H25N5O/c1-2-3-6-17-14-23(21-20-17)13-15-7-10-22(11-8-15)18(24)16-5-4-9-19-12-16/h4-5,9,12,14-15H,2-3,6-8,10-11,13H2,1H3. The monoisotopic (exact) mass is 327 g/mol. The summed E-state index contributed by atoms with van der Waals surface area (Å²) in [7, 11) is 0. The molecule has 1 amide bonds. The van der Waals surface area contributed by atoms with Gasteiger partial charge in [0.1, 0.15) is 0 Å². The van der Waals surface area contributed by atoms with Crippen LogP contribution in [0.4, 0.5) is 0 Å². The van der Waals surface area contributed by atoms with Gasteiger partial charge < -0.3 is 4.90 Å². The van der Waals surface area contributed by atoms with Crippen LogP contribution in [-0.2, 0) is 13.0 Å². The molecular formula is C18H25N5O. The predicted molar refractivity (Wildman–Crippen MR) is 91.5 cm³/mol. The van der Waals surface area contributed by atoms with Crippen molar-refractivity contribution in [2.45, 2.75) is 45.6 Å². The molecule has 0 saturated carbocycles. The van der Waals surface area contributed by atoms with Crippen LogP contribution in [0.3, 0.4) is 0 Å². The first kappa shape index (κ1) is 16.6. The molecule has 1 fully saturated rings. The number of carbonyl (C=O) groups is 1. The highest BCUT2D eigenvalue weighted by Crippen LogP contribution is 2.20. The lowest BCUT2D eigenvalue weighted by molar-refractivity contribution is 0.0680. The summed E-state index contributed by atoms with van der Waals surface area (Å²) in [6, 6.07) is 3.63. The Morgan fingerprint density at radius 3 is 2.88 bits per heavy atom. The van der Waals surface area contributed by atoms with E-state index in [-0.39, 0.29) is 5.91 Å². The molecule has 1 aliphatic heterocycles. The number of rotatable bonds is 6. The van der Waals surface area contributed by atoms with Crippen molar-refractivity contribution in [3.63, 3.8) is 0 Å². The lowest BCUT2D eigenvalue weighted by atomic mass is 9.96. The summed E-state index contributed by atoms with van der Waals surface area (Å²) in [6.45, 7) is 4.69. The van der Waals surface area contributed by atoms with Crippen molar-refractivity contribution in [3.05, 3.63) is 42.0 Å². The highest BCUT2D eigenvalue weighted by molar-refractivity contribution is 5.93. The van der Waals surface area contributed by atoms with Crippen LogP contribution in [0.2, 0.25) is 0 Å². The van der Waals surface area contributed by atoms with E-state index < -0.39 is 0 Å². The minimum absolute atomic E-state index is 0.0872. The molecule has 24 heavy (non-hydrogen) atoms. The number of piperidine rings is 1. The highest BCUT2D eigenvalue weighted by Gasteiger charge is 2.24. The van der Waals surface area contributed by atoms with E-state index in [0.29, 0.717) is 11.5 Å². The molecule has 1 aliphatic rings. The summed E-state index contributed by atoms with van der Waals surface area (Å²) in [4.78, 5) is 18.4. The van der Waals surface area contributed by atoms with Gasteiger partial charge in [-0.15, -0.1) is 5.10 Å². The fourth-order valence-electron chi connectivity index (χ4n) is 3.16. The minimum atomic E-state index is 0.0872. The Balaban J connectivity index is 1.48. The van der Waals surface area contributed by atoms with Crippen molar-refractivity contribution >= 4 is 5.91 Å². The topological polar surface area (TPSA) is 63.9 Å². The fraction of sp³-hybridized carbons (Fsp3) is 0.556. The number of likely N-dealkylation sites (tertiary alicyclic amines) is 1. The van der Waals surface area contributed by atoms with Gasteiger partial charge in [0.25, 0.3) is 5.91 Å². The van der Waals surface area contributed by atoms with Crippen LogP contribution in [0.15, 0.2) is 30.7 Å². The summed E-state index contributed by atoms with van der Waals surface area (Å²) < 4.78 is 1.97. The van der Waals surface area contributed by atoms with E-state index in [0.717, 1.165) is 51.0 Å². The zero-order valence-electron chi connectivity index (χ0n) is 14.3. The molecule has 6 heteroatoms. The third-order valence-corrected chi connectivity index (χ3v) is 4.63. The normalized spacial score (nSPS) is 15.6. The SMILES string of the molecule is CCCCc1cn(CC2CCN(C(=O)c3cccnc3)CC2)nn1. The van der Waals surface area contributed by atoms with Crippen LogP contribution in [0, 0.1) is 5.92 Å². The van der Waals surface area contributed by atoms with Crippen LogP contribution in [0.1, 0.15) is 48.7 Å². The summed E-state index contributed by atoms with van der Waals surface area (Å²) in [5.41, 5.74) is 1.76. The molecule has 0 radical (unpaired) electrons. The van der Waals surface area contributed by atoms with E-state index in [9.17, 15) is 4.79 Å². The summed E-state index contributed by atoms with van der Waals surface area (Å²) >= 11 is 0. The van der Waals surface area contributed by atoms with Gasteiger partial charge in [-0.1, -0.05) is 18.6 Å². The molecule has 0 unspecified atom stereocenters. The van der Waals surface area contributed by atoms with Gasteiger partial charge in [0.2, 0.25) is 0 Å². The Bertz CT molecular complexity index is 646. The van der Waals surface area contributed by atoms with Crippen molar-refractivity contribution in [2.75, 3.05) is 13.1 Å². The molecule has 1 saturated heterocycles. The Hall–Kier alpha value is -2.24. The predicted octanol–water partition coefficient (Wildman–Crippen LogP) is 2.57. The molecule has 3 heterocycles. The van der Waals surface area contributed by atoms with Crippen LogP contribution in [0.5, 0.6) is 0 Å². The number of hydrogen-bond donors (Lipinski definition) is 0. The van der Waals surface area contributed by atoms with Crippen LogP contribution < -0.4 is 0 Å². The largest absolute Gasteiger partial charge is 0.339 e. The van der Waals surface area contributed by atoms with Gasteiger partial charge in [-0.2, -0.15) is 0 Å². The lowest BCUT2D eigenvalue weighted by Crippen LogP contribution is -2.39. The molecule has 6 nitrogen and oxygen atoms in total. The van der Waals surface area contributed by atoms with E-state index >= 15 is 0 Å². The molecule has 0 N–H and O–H groups in total. The van der Waals surface area contributed by atoms with E-state index in [4.69, 9.17) is 0 Å². The van der Waals surface area contributed by atoms with Gasteiger partial charge in [-0.05, 0) is 43.7 Å². The fourth-order valence-corrected chi connectivity index (χ4v) is 3.16. The number of aromatic nitrogens is 4. The van der Waals surface area contributed by atoms with Crippen molar-refractivity contribution < 1.29 is 4.79 Å². The van der Waals surface area contributed by atoms with Gasteiger partial charge in [0, 0.05) is 38.2 Å². The van der Waals surface area contributed by atoms with Gasteiger partial charge in [-0.25, -0.2) is 0 Å². The Labute approximate surface area is 142 Å². The molecule has 0 spiro atoms. The number of nitrogens with zero attached hydrogens (tertiary/aromatic N) is 5. The Morgan fingerprint density at radius 2 is 2.17 bits per heavy atom. The van der Waals surface area contributed by atoms with Gasteiger partial charge in [0.15, 0.2) is 0 Å². The van der Waals surface area contributed by atoms with E-state index in [2.05, 4.69) is 28.4 Å². The molecule has 2 aromatic rings. The quantitative estimate of drug-likeness (QED) is 0.818. The maximum absolute atomic E-state index is 12.4. The summed E-state index contributed by atoms with van der Waals surface area (Å²) in [5.74, 6) is 0.646. The zero-order chi connectivity index (χ0) is 16.8. The van der Waals surface area contributed by atoms with E-state index in [1.165, 1.54) is 6.42 Å². The van der Waals surface area contributed by atoms with E-state index in [1.807, 2.05) is 15.6 Å². The molecule has 128 valence electrons. The Kier molecular flexibility index (Phi) is 5.56. The number of unbranched alkanes of at least 4 members (excludes halogenated alkanes) is 1. The van der Waals surface area contributed by atoms with Gasteiger partial charge in [0.05, 0.1) is 11.3 Å². The molecule has 0 bridgehead atoms. The molecule has 0 aromatic carbocycles. The minimum Gasteiger partial charge on any atom is -0.339 e. The number of amides is 1. The molecule has 0 aliphatic carbocycles. The number of aryl methyl sites for hydroxylation is 1. The molecule has 3 rings (SSSR count). The van der Waals surface area contributed by atoms with Gasteiger partial charge in [-0.3, -0.25) is 14.5 Å². The van der Waals surface area contributed by atoms with Crippen molar-refractivity contribution in [1.29, 1.82) is 0 Å². The van der Waals surface area contributed by atoms with Crippen LogP contribution in [0.25, 0.3) is 0 Å². The maximum atomic E-state index is 12.4. The molecule has 2 aromatic heterocycles. The third kappa shape index (κ3) is 4.19. The number of hydrogen-bond acceptors (Lipinski definition) is 4. The van der Waals surface area contributed by atoms with E-state index in [1.54, 1.807) is 18.5 Å². The number of pyridine rings is 1. The molecule has 0 atom stereocenters. The summed E-state index contributed by atoms with van der Waals surface area (Å²) in [6.07, 6.45) is 10.8. The molecular weight excluding hydrogens is 302 g/mol. The average molecular weight is 327 g/mol. The van der Waals surface area contributed by atoms with Crippen LogP contribution >= 0.6 is 0 Å². The smallest absolute Gasteiger partial charge is 0.255 e. The Morgan fingerprint density at radius 1 is 1.33 bits per heavy atom. The lowest BCUT2D eigenvalue weighted by Gasteiger charge is -2.31. The summed E-state index contributed by atoms with van der Waals surface area (Å²) in [5, 5.41) is 8.49. The zero-order valence-corrected chi connectivity index (χ0v) is 14.3. The first-order valence-corrected chi connectivity index (χ1v) is 8.84. The van der Waals surface area contributed by atoms with Crippen molar-refractivity contribution in [1.82, 2.24) is 24.9 Å². The second-order valence-electron chi connectivity index (χ2n) is 6.51. The second kappa shape index (κ2) is 8.04. The van der Waals surface area contributed by atoms with Crippen molar-refractivity contribution in [2.24, 2.45) is 5.92 Å². The second-order valence-corrected chi connectivity index (χ2v) is 6.51. The van der Waals surface area contributed by atoms with Gasteiger partial charge >= 0.3 is 0 Å². The first-order chi connectivity index (χ1) is 11.8. The third-order valence-electron chi connectivity index (χ3n) is 4.63. The average Bonchev–Trinajstić information content (AvgIpc) is 3.08. The van der Waals surface area contributed by atoms with Crippen LogP contribution in [-0.4, -0.2) is 43.9 Å². The first-order valence-electron chi connectivity index (χ1n) is 8.84. The highest BCUT2D eigenvalue weighted by atomic mass is 16.2. The number of carbonyl (C=O) groups excluding carboxylic acids is 1. The maximum Gasteiger partial charge on any atom is 0.255 e. The van der Waals surface area contributed by atoms with Crippen molar-refractivity contribution in [3.8, 4) is 0 Å².